The van der Waals surface area contributed by atoms with E-state index in [0.29, 0.717) is 5.82 Å². The molecule has 1 N–H and O–H groups in total. The van der Waals surface area contributed by atoms with Crippen LogP contribution in [0.15, 0.2) is 18.5 Å². The minimum atomic E-state index is 0.00864. The first-order valence-electron chi connectivity index (χ1n) is 8.17. The molecule has 2 atom stereocenters. The molecule has 2 fully saturated rings. The summed E-state index contributed by atoms with van der Waals surface area (Å²) in [7, 11) is 1.86. The molecule has 126 valence electrons. The molecule has 2 aromatic rings. The summed E-state index contributed by atoms with van der Waals surface area (Å²) in [4.78, 5) is 24.9. The molecule has 0 aliphatic carbocycles. The van der Waals surface area contributed by atoms with Crippen LogP contribution in [0.5, 0.6) is 0 Å². The van der Waals surface area contributed by atoms with Gasteiger partial charge in [0.2, 0.25) is 0 Å². The van der Waals surface area contributed by atoms with Crippen molar-refractivity contribution in [1.29, 1.82) is 0 Å². The predicted octanol–water partition coefficient (Wildman–Crippen LogP) is 0.881. The summed E-state index contributed by atoms with van der Waals surface area (Å²) in [6.45, 7) is 5.57. The van der Waals surface area contributed by atoms with Crippen molar-refractivity contribution in [2.75, 3.05) is 25.0 Å². The molecule has 2 amide bonds. The molecule has 0 spiro atoms. The number of piperidine rings is 1. The molecule has 0 radical (unpaired) electrons. The van der Waals surface area contributed by atoms with Crippen molar-refractivity contribution < 1.29 is 4.79 Å². The third kappa shape index (κ3) is 2.38. The van der Waals surface area contributed by atoms with Crippen LogP contribution in [-0.4, -0.2) is 62.9 Å². The third-order valence-corrected chi connectivity index (χ3v) is 4.86. The van der Waals surface area contributed by atoms with Crippen molar-refractivity contribution in [3.8, 4) is 5.82 Å². The van der Waals surface area contributed by atoms with E-state index in [1.165, 1.54) is 0 Å². The lowest BCUT2D eigenvalue weighted by Gasteiger charge is -2.36. The summed E-state index contributed by atoms with van der Waals surface area (Å²) < 4.78 is 1.81. The Morgan fingerprint density at radius 1 is 1.25 bits per heavy atom. The number of anilines is 1. The normalized spacial score (nSPS) is 23.4. The van der Waals surface area contributed by atoms with E-state index in [0.717, 1.165) is 36.7 Å². The summed E-state index contributed by atoms with van der Waals surface area (Å²) in [6.07, 6.45) is 4.42. The SMILES string of the molecule is Cc1cc(C)n(-c2cncc(N3CC[C@H]4[C@@H](C3)NC(=O)N4C)n2)n1. The Morgan fingerprint density at radius 2 is 2.04 bits per heavy atom. The van der Waals surface area contributed by atoms with Crippen LogP contribution >= 0.6 is 0 Å². The molecule has 2 aliphatic heterocycles. The highest BCUT2D eigenvalue weighted by Crippen LogP contribution is 2.24. The Hall–Kier alpha value is -2.64. The van der Waals surface area contributed by atoms with Crippen molar-refractivity contribution >= 4 is 11.8 Å². The van der Waals surface area contributed by atoms with Gasteiger partial charge < -0.3 is 15.1 Å². The van der Waals surface area contributed by atoms with Crippen LogP contribution in [0.2, 0.25) is 0 Å². The standard InChI is InChI=1S/C16H21N7O/c1-10-6-11(2)23(20-10)15-8-17-7-14(19-15)22-5-4-13-12(9-22)18-16(24)21(13)3/h6-8,12-13H,4-5,9H2,1-3H3,(H,18,24)/t12-,13+/m1/s1. The molecule has 8 nitrogen and oxygen atoms in total. The van der Waals surface area contributed by atoms with E-state index in [4.69, 9.17) is 4.98 Å². The van der Waals surface area contributed by atoms with Gasteiger partial charge in [0.1, 0.15) is 5.82 Å². The zero-order chi connectivity index (χ0) is 16.8. The Labute approximate surface area is 140 Å². The largest absolute Gasteiger partial charge is 0.353 e. The maximum Gasteiger partial charge on any atom is 0.317 e. The Kier molecular flexibility index (Phi) is 3.40. The molecule has 2 saturated heterocycles. The van der Waals surface area contributed by atoms with E-state index < -0.39 is 0 Å². The lowest BCUT2D eigenvalue weighted by atomic mass is 10.0. The first kappa shape index (κ1) is 14.9. The van der Waals surface area contributed by atoms with Crippen LogP contribution in [0.1, 0.15) is 17.8 Å². The van der Waals surface area contributed by atoms with Crippen molar-refractivity contribution in [1.82, 2.24) is 30.0 Å². The highest BCUT2D eigenvalue weighted by Gasteiger charge is 2.40. The fraction of sp³-hybridized carbons (Fsp3) is 0.500. The van der Waals surface area contributed by atoms with Crippen molar-refractivity contribution in [3.63, 3.8) is 0 Å². The maximum atomic E-state index is 11.8. The third-order valence-electron chi connectivity index (χ3n) is 4.86. The van der Waals surface area contributed by atoms with Gasteiger partial charge in [-0.05, 0) is 26.3 Å². The highest BCUT2D eigenvalue weighted by atomic mass is 16.2. The monoisotopic (exact) mass is 327 g/mol. The summed E-state index contributed by atoms with van der Waals surface area (Å²) in [5.74, 6) is 1.54. The number of hydrogen-bond acceptors (Lipinski definition) is 5. The fourth-order valence-electron chi connectivity index (χ4n) is 3.63. The second-order valence-corrected chi connectivity index (χ2v) is 6.54. The Balaban J connectivity index is 1.58. The van der Waals surface area contributed by atoms with E-state index in [1.807, 2.05) is 31.6 Å². The van der Waals surface area contributed by atoms with Gasteiger partial charge in [0, 0.05) is 25.8 Å². The molecule has 4 rings (SSSR count). The summed E-state index contributed by atoms with van der Waals surface area (Å²) >= 11 is 0. The summed E-state index contributed by atoms with van der Waals surface area (Å²) in [5.41, 5.74) is 1.99. The van der Waals surface area contributed by atoms with E-state index in [-0.39, 0.29) is 18.1 Å². The van der Waals surface area contributed by atoms with Crippen molar-refractivity contribution in [2.24, 2.45) is 0 Å². The molecule has 0 unspecified atom stereocenters. The molecule has 0 bridgehead atoms. The number of nitrogens with one attached hydrogen (secondary N) is 1. The van der Waals surface area contributed by atoms with Crippen molar-refractivity contribution in [2.45, 2.75) is 32.4 Å². The van der Waals surface area contributed by atoms with Gasteiger partial charge >= 0.3 is 6.03 Å². The van der Waals surface area contributed by atoms with Gasteiger partial charge in [-0.25, -0.2) is 14.5 Å². The molecular formula is C16H21N7O. The predicted molar refractivity (Wildman–Crippen MR) is 89.3 cm³/mol. The Morgan fingerprint density at radius 3 is 2.79 bits per heavy atom. The second-order valence-electron chi connectivity index (χ2n) is 6.54. The molecular weight excluding hydrogens is 306 g/mol. The number of likely N-dealkylation sites (N-methyl/N-ethyl adjacent to an activating group) is 1. The van der Waals surface area contributed by atoms with Crippen LogP contribution in [-0.2, 0) is 0 Å². The maximum absolute atomic E-state index is 11.8. The minimum absolute atomic E-state index is 0.00864. The molecule has 2 aliphatic rings. The number of rotatable bonds is 2. The van der Waals surface area contributed by atoms with E-state index in [2.05, 4.69) is 20.3 Å². The number of carbonyl (C=O) groups is 1. The van der Waals surface area contributed by atoms with Crippen LogP contribution in [0.25, 0.3) is 5.82 Å². The van der Waals surface area contributed by atoms with Crippen LogP contribution in [0.4, 0.5) is 10.6 Å². The first-order chi connectivity index (χ1) is 11.5. The molecule has 4 heterocycles. The van der Waals surface area contributed by atoms with Crippen LogP contribution < -0.4 is 10.2 Å². The fourth-order valence-corrected chi connectivity index (χ4v) is 3.63. The average Bonchev–Trinajstić information content (AvgIpc) is 3.06. The van der Waals surface area contributed by atoms with Gasteiger partial charge in [-0.15, -0.1) is 0 Å². The lowest BCUT2D eigenvalue weighted by Crippen LogP contribution is -2.51. The van der Waals surface area contributed by atoms with Crippen LogP contribution in [0, 0.1) is 13.8 Å². The minimum Gasteiger partial charge on any atom is -0.353 e. The number of amides is 2. The zero-order valence-electron chi connectivity index (χ0n) is 14.1. The van der Waals surface area contributed by atoms with Gasteiger partial charge in [0.25, 0.3) is 0 Å². The number of hydrogen-bond donors (Lipinski definition) is 1. The second kappa shape index (κ2) is 5.47. The topological polar surface area (TPSA) is 79.2 Å². The molecule has 0 aromatic carbocycles. The molecule has 24 heavy (non-hydrogen) atoms. The van der Waals surface area contributed by atoms with E-state index in [1.54, 1.807) is 17.3 Å². The number of carbonyl (C=O) groups excluding carboxylic acids is 1. The zero-order valence-corrected chi connectivity index (χ0v) is 14.1. The van der Waals surface area contributed by atoms with Crippen molar-refractivity contribution in [3.05, 3.63) is 29.8 Å². The van der Waals surface area contributed by atoms with Gasteiger partial charge in [0.15, 0.2) is 5.82 Å². The number of fused-ring (bicyclic) bond motifs is 1. The molecule has 8 heteroatoms. The molecule has 0 saturated carbocycles. The Bertz CT molecular complexity index is 786. The first-order valence-corrected chi connectivity index (χ1v) is 8.17. The number of aryl methyl sites for hydroxylation is 2. The lowest BCUT2D eigenvalue weighted by molar-refractivity contribution is 0.212. The van der Waals surface area contributed by atoms with Gasteiger partial charge in [-0.3, -0.25) is 4.98 Å². The van der Waals surface area contributed by atoms with Crippen LogP contribution in [0.3, 0.4) is 0 Å². The van der Waals surface area contributed by atoms with Gasteiger partial charge in [-0.1, -0.05) is 0 Å². The van der Waals surface area contributed by atoms with E-state index >= 15 is 0 Å². The smallest absolute Gasteiger partial charge is 0.317 e. The summed E-state index contributed by atoms with van der Waals surface area (Å²) in [5, 5.41) is 7.52. The quantitative estimate of drug-likeness (QED) is 0.886. The molecule has 2 aromatic heterocycles. The van der Waals surface area contributed by atoms with Gasteiger partial charge in [0.05, 0.1) is 30.2 Å². The van der Waals surface area contributed by atoms with E-state index in [9.17, 15) is 4.79 Å². The highest BCUT2D eigenvalue weighted by molar-refractivity contribution is 5.77. The number of urea groups is 1. The average molecular weight is 327 g/mol. The summed E-state index contributed by atoms with van der Waals surface area (Å²) in [6, 6.07) is 2.43. The van der Waals surface area contributed by atoms with Gasteiger partial charge in [-0.2, -0.15) is 5.10 Å². The number of aromatic nitrogens is 4. The number of nitrogens with zero attached hydrogens (tertiary/aromatic N) is 6.